The lowest BCUT2D eigenvalue weighted by Crippen LogP contribution is -2.46. The van der Waals surface area contributed by atoms with Gasteiger partial charge in [-0.25, -0.2) is 0 Å². The van der Waals surface area contributed by atoms with E-state index in [2.05, 4.69) is 5.43 Å². The van der Waals surface area contributed by atoms with E-state index in [1.54, 1.807) is 36.2 Å². The molecule has 2 atom stereocenters. The van der Waals surface area contributed by atoms with Gasteiger partial charge in [-0.3, -0.25) is 10.6 Å². The Hall–Kier alpha value is -1.59. The average molecular weight is 263 g/mol. The molecule has 5 nitrogen and oxygen atoms in total. The number of aliphatic hydroxyl groups excluding tert-OH is 1. The molecule has 1 aromatic carbocycles. The van der Waals surface area contributed by atoms with E-state index in [0.29, 0.717) is 5.56 Å². The van der Waals surface area contributed by atoms with Crippen LogP contribution in [0.5, 0.6) is 0 Å². The van der Waals surface area contributed by atoms with Crippen LogP contribution in [0.4, 0.5) is 5.69 Å². The fourth-order valence-electron chi connectivity index (χ4n) is 2.61. The quantitative estimate of drug-likeness (QED) is 0.568. The lowest BCUT2D eigenvalue weighted by molar-refractivity contribution is 0.0268. The van der Waals surface area contributed by atoms with Gasteiger partial charge in [0.05, 0.1) is 12.1 Å². The highest BCUT2D eigenvalue weighted by atomic mass is 16.3. The van der Waals surface area contributed by atoms with Crippen molar-refractivity contribution < 1.29 is 9.90 Å². The van der Waals surface area contributed by atoms with E-state index in [9.17, 15) is 9.90 Å². The fourth-order valence-corrected chi connectivity index (χ4v) is 2.61. The van der Waals surface area contributed by atoms with Crippen LogP contribution >= 0.6 is 0 Å². The summed E-state index contributed by atoms with van der Waals surface area (Å²) in [6, 6.07) is 6.93. The van der Waals surface area contributed by atoms with Crippen LogP contribution < -0.4 is 11.3 Å². The van der Waals surface area contributed by atoms with Crippen molar-refractivity contribution in [3.8, 4) is 0 Å². The summed E-state index contributed by atoms with van der Waals surface area (Å²) >= 11 is 0. The van der Waals surface area contributed by atoms with Crippen molar-refractivity contribution in [3.05, 3.63) is 29.8 Å². The van der Waals surface area contributed by atoms with Gasteiger partial charge in [-0.2, -0.15) is 0 Å². The highest BCUT2D eigenvalue weighted by molar-refractivity contribution is 5.94. The zero-order chi connectivity index (χ0) is 13.8. The van der Waals surface area contributed by atoms with Crippen molar-refractivity contribution in [3.63, 3.8) is 0 Å². The maximum Gasteiger partial charge on any atom is 0.253 e. The minimum Gasteiger partial charge on any atom is -0.391 e. The molecule has 104 valence electrons. The van der Waals surface area contributed by atoms with Crippen LogP contribution in [-0.4, -0.2) is 35.1 Å². The number of nitrogens with two attached hydrogens (primary N) is 1. The fraction of sp³-hybridized carbons (Fsp3) is 0.500. The molecule has 1 aromatic rings. The number of carbonyl (C=O) groups is 1. The Morgan fingerprint density at radius 2 is 1.95 bits per heavy atom. The van der Waals surface area contributed by atoms with Crippen molar-refractivity contribution in [2.24, 2.45) is 5.84 Å². The monoisotopic (exact) mass is 263 g/mol. The zero-order valence-corrected chi connectivity index (χ0v) is 11.2. The second kappa shape index (κ2) is 6.04. The van der Waals surface area contributed by atoms with Crippen LogP contribution in [0.3, 0.4) is 0 Å². The smallest absolute Gasteiger partial charge is 0.253 e. The highest BCUT2D eigenvalue weighted by Gasteiger charge is 2.29. The number of carbonyl (C=O) groups excluding carboxylic acids is 1. The first kappa shape index (κ1) is 13.8. The van der Waals surface area contributed by atoms with Crippen LogP contribution in [0.1, 0.15) is 36.0 Å². The molecule has 5 heteroatoms. The summed E-state index contributed by atoms with van der Waals surface area (Å²) in [5.74, 6) is 5.23. The SMILES string of the molecule is CN(C(=O)c1ccc(NN)cc1)C1CCCCC1O. The molecule has 0 saturated heterocycles. The molecule has 1 aliphatic carbocycles. The molecule has 0 aliphatic heterocycles. The van der Waals surface area contributed by atoms with Crippen molar-refractivity contribution in [2.75, 3.05) is 12.5 Å². The molecular formula is C14H21N3O2. The van der Waals surface area contributed by atoms with Gasteiger partial charge in [0.15, 0.2) is 0 Å². The Balaban J connectivity index is 2.08. The summed E-state index contributed by atoms with van der Waals surface area (Å²) in [6.07, 6.45) is 3.34. The van der Waals surface area contributed by atoms with Crippen molar-refractivity contribution in [2.45, 2.75) is 37.8 Å². The number of anilines is 1. The summed E-state index contributed by atoms with van der Waals surface area (Å²) in [7, 11) is 1.76. The molecule has 4 N–H and O–H groups in total. The molecule has 0 aromatic heterocycles. The number of nitrogen functional groups attached to an aromatic ring is 1. The Kier molecular flexibility index (Phi) is 4.39. The topological polar surface area (TPSA) is 78.6 Å². The molecule has 1 amide bonds. The lowest BCUT2D eigenvalue weighted by Gasteiger charge is -2.35. The molecule has 2 unspecified atom stereocenters. The second-order valence-corrected chi connectivity index (χ2v) is 5.06. The van der Waals surface area contributed by atoms with Gasteiger partial charge < -0.3 is 15.4 Å². The van der Waals surface area contributed by atoms with Gasteiger partial charge in [0.2, 0.25) is 0 Å². The molecule has 19 heavy (non-hydrogen) atoms. The van der Waals surface area contributed by atoms with E-state index in [1.807, 2.05) is 0 Å². The van der Waals surface area contributed by atoms with Crippen molar-refractivity contribution >= 4 is 11.6 Å². The third-order valence-electron chi connectivity index (χ3n) is 3.81. The van der Waals surface area contributed by atoms with Crippen LogP contribution in [0.15, 0.2) is 24.3 Å². The molecular weight excluding hydrogens is 242 g/mol. The normalized spacial score (nSPS) is 22.9. The van der Waals surface area contributed by atoms with Crippen LogP contribution in [0.2, 0.25) is 0 Å². The van der Waals surface area contributed by atoms with E-state index in [-0.39, 0.29) is 11.9 Å². The Bertz CT molecular complexity index is 433. The van der Waals surface area contributed by atoms with E-state index in [1.165, 1.54) is 0 Å². The molecule has 1 saturated carbocycles. The predicted octanol–water partition coefficient (Wildman–Crippen LogP) is 1.35. The van der Waals surface area contributed by atoms with Gasteiger partial charge >= 0.3 is 0 Å². The van der Waals surface area contributed by atoms with Crippen LogP contribution in [-0.2, 0) is 0 Å². The Morgan fingerprint density at radius 1 is 1.32 bits per heavy atom. The minimum absolute atomic E-state index is 0.0606. The summed E-state index contributed by atoms with van der Waals surface area (Å²) in [5, 5.41) is 10.00. The zero-order valence-electron chi connectivity index (χ0n) is 11.2. The van der Waals surface area contributed by atoms with Gasteiger partial charge in [-0.15, -0.1) is 0 Å². The van der Waals surface area contributed by atoms with E-state index < -0.39 is 6.10 Å². The van der Waals surface area contributed by atoms with Crippen LogP contribution in [0.25, 0.3) is 0 Å². The summed E-state index contributed by atoms with van der Waals surface area (Å²) in [4.78, 5) is 14.0. The molecule has 1 aliphatic rings. The first-order valence-electron chi connectivity index (χ1n) is 6.65. The van der Waals surface area contributed by atoms with Gasteiger partial charge in [0, 0.05) is 18.3 Å². The minimum atomic E-state index is -0.410. The number of hydrogen-bond donors (Lipinski definition) is 3. The number of rotatable bonds is 3. The molecule has 2 rings (SSSR count). The number of amides is 1. The van der Waals surface area contributed by atoms with Crippen molar-refractivity contribution in [1.29, 1.82) is 0 Å². The predicted molar refractivity (Wildman–Crippen MR) is 74.6 cm³/mol. The largest absolute Gasteiger partial charge is 0.391 e. The molecule has 0 heterocycles. The van der Waals surface area contributed by atoms with Gasteiger partial charge in [-0.05, 0) is 37.1 Å². The van der Waals surface area contributed by atoms with E-state index in [4.69, 9.17) is 5.84 Å². The first-order chi connectivity index (χ1) is 9.13. The molecule has 0 radical (unpaired) electrons. The van der Waals surface area contributed by atoms with Gasteiger partial charge in [0.1, 0.15) is 0 Å². The standard InChI is InChI=1S/C14H21N3O2/c1-17(12-4-2-3-5-13(12)18)14(19)10-6-8-11(16-15)9-7-10/h6-9,12-13,16,18H,2-5,15H2,1H3. The van der Waals surface area contributed by atoms with E-state index >= 15 is 0 Å². The van der Waals surface area contributed by atoms with E-state index in [0.717, 1.165) is 31.4 Å². The molecule has 0 bridgehead atoms. The number of hydrazine groups is 1. The summed E-state index contributed by atoms with van der Waals surface area (Å²) in [6.45, 7) is 0. The Morgan fingerprint density at radius 3 is 2.53 bits per heavy atom. The Labute approximate surface area is 113 Å². The van der Waals surface area contributed by atoms with Crippen LogP contribution in [0, 0.1) is 0 Å². The van der Waals surface area contributed by atoms with Gasteiger partial charge in [0.25, 0.3) is 5.91 Å². The first-order valence-corrected chi connectivity index (χ1v) is 6.65. The third-order valence-corrected chi connectivity index (χ3v) is 3.81. The maximum atomic E-state index is 12.4. The third kappa shape index (κ3) is 3.05. The summed E-state index contributed by atoms with van der Waals surface area (Å²) < 4.78 is 0. The number of nitrogens with one attached hydrogen (secondary N) is 1. The number of aliphatic hydroxyl groups is 1. The maximum absolute atomic E-state index is 12.4. The number of likely N-dealkylation sites (N-methyl/N-ethyl adjacent to an activating group) is 1. The molecule has 1 fully saturated rings. The summed E-state index contributed by atoms with van der Waals surface area (Å²) in [5.41, 5.74) is 3.90. The highest BCUT2D eigenvalue weighted by Crippen LogP contribution is 2.23. The lowest BCUT2D eigenvalue weighted by atomic mass is 9.91. The number of nitrogens with zero attached hydrogens (tertiary/aromatic N) is 1. The van der Waals surface area contributed by atoms with Gasteiger partial charge in [-0.1, -0.05) is 12.8 Å². The van der Waals surface area contributed by atoms with Crippen molar-refractivity contribution in [1.82, 2.24) is 4.90 Å². The average Bonchev–Trinajstić information content (AvgIpc) is 2.46. The number of benzene rings is 1. The number of hydrogen-bond acceptors (Lipinski definition) is 4. The molecule has 0 spiro atoms. The second-order valence-electron chi connectivity index (χ2n) is 5.06.